The lowest BCUT2D eigenvalue weighted by Crippen LogP contribution is -2.42. The highest BCUT2D eigenvalue weighted by molar-refractivity contribution is 5.97. The fraction of sp³-hybridized carbons (Fsp3) is 0.316. The molecule has 0 radical (unpaired) electrons. The number of aliphatic carboxylic acids is 1. The number of amides is 1. The van der Waals surface area contributed by atoms with E-state index in [1.807, 2.05) is 38.1 Å². The molecule has 3 rings (SSSR count). The zero-order valence-electron chi connectivity index (χ0n) is 14.8. The third-order valence-electron chi connectivity index (χ3n) is 4.49. The van der Waals surface area contributed by atoms with Crippen molar-refractivity contribution < 1.29 is 14.7 Å². The van der Waals surface area contributed by atoms with Crippen molar-refractivity contribution in [3.63, 3.8) is 0 Å². The zero-order valence-corrected chi connectivity index (χ0v) is 14.8. The zero-order chi connectivity index (χ0) is 18.7. The molecule has 1 aromatic carbocycles. The van der Waals surface area contributed by atoms with Gasteiger partial charge in [0.1, 0.15) is 6.04 Å². The Kier molecular flexibility index (Phi) is 5.06. The van der Waals surface area contributed by atoms with Gasteiger partial charge in [0, 0.05) is 35.8 Å². The molecule has 0 spiro atoms. The van der Waals surface area contributed by atoms with E-state index in [-0.39, 0.29) is 6.42 Å². The number of aryl methyl sites for hydroxylation is 1. The van der Waals surface area contributed by atoms with Gasteiger partial charge in [-0.1, -0.05) is 25.1 Å². The van der Waals surface area contributed by atoms with Crippen molar-refractivity contribution in [3.05, 3.63) is 53.5 Å². The van der Waals surface area contributed by atoms with Gasteiger partial charge in [0.15, 0.2) is 0 Å². The van der Waals surface area contributed by atoms with Crippen molar-refractivity contribution in [3.8, 4) is 0 Å². The Bertz CT molecular complexity index is 941. The van der Waals surface area contributed by atoms with Gasteiger partial charge in [-0.25, -0.2) is 4.79 Å². The third kappa shape index (κ3) is 3.46. The average molecular weight is 354 g/mol. The van der Waals surface area contributed by atoms with Crippen LogP contribution >= 0.6 is 0 Å². The number of carboxylic acids is 1. The molecule has 7 nitrogen and oxygen atoms in total. The molecule has 0 aliphatic rings. The van der Waals surface area contributed by atoms with E-state index in [0.717, 1.165) is 35.1 Å². The number of nitrogens with zero attached hydrogens (tertiary/aromatic N) is 2. The summed E-state index contributed by atoms with van der Waals surface area (Å²) in [5, 5.41) is 17.3. The van der Waals surface area contributed by atoms with Crippen LogP contribution in [0, 0.1) is 6.92 Å². The lowest BCUT2D eigenvalue weighted by molar-refractivity contribution is -0.139. The maximum Gasteiger partial charge on any atom is 0.326 e. The van der Waals surface area contributed by atoms with E-state index in [1.165, 1.54) is 6.20 Å². The van der Waals surface area contributed by atoms with Crippen LogP contribution < -0.4 is 5.32 Å². The predicted octanol–water partition coefficient (Wildman–Crippen LogP) is 2.51. The molecule has 26 heavy (non-hydrogen) atoms. The third-order valence-corrected chi connectivity index (χ3v) is 4.49. The summed E-state index contributed by atoms with van der Waals surface area (Å²) in [7, 11) is 0. The first-order valence-corrected chi connectivity index (χ1v) is 8.62. The lowest BCUT2D eigenvalue weighted by atomic mass is 10.0. The van der Waals surface area contributed by atoms with E-state index in [2.05, 4.69) is 15.4 Å². The first-order valence-electron chi connectivity index (χ1n) is 8.62. The molecule has 0 bridgehead atoms. The summed E-state index contributed by atoms with van der Waals surface area (Å²) in [4.78, 5) is 27.4. The molecular formula is C19H22N4O3. The van der Waals surface area contributed by atoms with Crippen LogP contribution in [-0.4, -0.2) is 37.8 Å². The molecule has 0 saturated heterocycles. The molecular weight excluding hydrogens is 332 g/mol. The van der Waals surface area contributed by atoms with Gasteiger partial charge in [0.2, 0.25) is 0 Å². The summed E-state index contributed by atoms with van der Waals surface area (Å²) in [6, 6.07) is 6.66. The van der Waals surface area contributed by atoms with Gasteiger partial charge in [0.05, 0.1) is 11.8 Å². The summed E-state index contributed by atoms with van der Waals surface area (Å²) in [5.41, 5.74) is 2.94. The Balaban J connectivity index is 1.78. The number of hydrogen-bond donors (Lipinski definition) is 3. The number of nitrogens with one attached hydrogen (secondary N) is 2. The summed E-state index contributed by atoms with van der Waals surface area (Å²) in [6.45, 7) is 4.56. The number of carbonyl (C=O) groups excluding carboxylic acids is 1. The Hall–Kier alpha value is -3.09. The van der Waals surface area contributed by atoms with Gasteiger partial charge < -0.3 is 15.4 Å². The number of para-hydroxylation sites is 1. The van der Waals surface area contributed by atoms with Crippen molar-refractivity contribution in [2.24, 2.45) is 0 Å². The smallest absolute Gasteiger partial charge is 0.326 e. The maximum atomic E-state index is 12.6. The predicted molar refractivity (Wildman–Crippen MR) is 98.1 cm³/mol. The van der Waals surface area contributed by atoms with E-state index in [1.54, 1.807) is 10.9 Å². The van der Waals surface area contributed by atoms with Crippen LogP contribution in [0.15, 0.2) is 36.7 Å². The van der Waals surface area contributed by atoms with Crippen molar-refractivity contribution in [2.45, 2.75) is 39.3 Å². The Morgan fingerprint density at radius 1 is 1.35 bits per heavy atom. The second-order valence-corrected chi connectivity index (χ2v) is 6.29. The number of rotatable bonds is 7. The van der Waals surface area contributed by atoms with Gasteiger partial charge in [-0.3, -0.25) is 9.48 Å². The van der Waals surface area contributed by atoms with Crippen LogP contribution in [0.4, 0.5) is 0 Å². The van der Waals surface area contributed by atoms with Crippen molar-refractivity contribution in [1.82, 2.24) is 20.1 Å². The number of benzene rings is 1. The van der Waals surface area contributed by atoms with Crippen LogP contribution in [0.1, 0.15) is 35.0 Å². The van der Waals surface area contributed by atoms with Crippen LogP contribution in [0.2, 0.25) is 0 Å². The van der Waals surface area contributed by atoms with Crippen LogP contribution in [-0.2, 0) is 17.8 Å². The molecule has 3 aromatic rings. The largest absolute Gasteiger partial charge is 0.480 e. The van der Waals surface area contributed by atoms with Gasteiger partial charge in [0.25, 0.3) is 5.91 Å². The number of hydrogen-bond acceptors (Lipinski definition) is 3. The molecule has 7 heteroatoms. The lowest BCUT2D eigenvalue weighted by Gasteiger charge is -2.14. The standard InChI is InChI=1S/C19H22N4O3/c1-3-8-23-12(2)15(11-21-23)18(24)22-17(19(25)26)9-13-10-20-16-7-5-4-6-14(13)16/h4-7,10-11,17,20H,3,8-9H2,1-2H3,(H,22,24)(H,25,26). The van der Waals surface area contributed by atoms with Crippen molar-refractivity contribution in [2.75, 3.05) is 0 Å². The number of carboxylic acid groups (broad SMARTS) is 1. The summed E-state index contributed by atoms with van der Waals surface area (Å²) in [6.07, 6.45) is 4.39. The Morgan fingerprint density at radius 3 is 2.85 bits per heavy atom. The van der Waals surface area contributed by atoms with Crippen molar-refractivity contribution in [1.29, 1.82) is 0 Å². The molecule has 0 aliphatic carbocycles. The fourth-order valence-corrected chi connectivity index (χ4v) is 3.06. The molecule has 3 N–H and O–H groups in total. The molecule has 136 valence electrons. The first kappa shape index (κ1) is 17.7. The van der Waals surface area contributed by atoms with E-state index in [9.17, 15) is 14.7 Å². The fourth-order valence-electron chi connectivity index (χ4n) is 3.06. The minimum atomic E-state index is -1.07. The van der Waals surface area contributed by atoms with E-state index >= 15 is 0 Å². The number of aromatic amines is 1. The van der Waals surface area contributed by atoms with Crippen molar-refractivity contribution >= 4 is 22.8 Å². The van der Waals surface area contributed by atoms with E-state index < -0.39 is 17.9 Å². The van der Waals surface area contributed by atoms with E-state index in [0.29, 0.717) is 5.56 Å². The molecule has 2 heterocycles. The molecule has 0 fully saturated rings. The monoisotopic (exact) mass is 354 g/mol. The quantitative estimate of drug-likeness (QED) is 0.607. The minimum absolute atomic E-state index is 0.202. The number of aromatic nitrogens is 3. The topological polar surface area (TPSA) is 100 Å². The van der Waals surface area contributed by atoms with Crippen LogP contribution in [0.25, 0.3) is 10.9 Å². The van der Waals surface area contributed by atoms with Gasteiger partial charge in [-0.15, -0.1) is 0 Å². The summed E-state index contributed by atoms with van der Waals surface area (Å²) >= 11 is 0. The number of carbonyl (C=O) groups is 2. The average Bonchev–Trinajstić information content (AvgIpc) is 3.19. The van der Waals surface area contributed by atoms with Gasteiger partial charge >= 0.3 is 5.97 Å². The molecule has 0 saturated carbocycles. The minimum Gasteiger partial charge on any atom is -0.480 e. The summed E-state index contributed by atoms with van der Waals surface area (Å²) < 4.78 is 1.75. The molecule has 1 amide bonds. The second-order valence-electron chi connectivity index (χ2n) is 6.29. The van der Waals surface area contributed by atoms with Crippen LogP contribution in [0.3, 0.4) is 0 Å². The maximum absolute atomic E-state index is 12.6. The normalized spacial score (nSPS) is 12.2. The molecule has 1 unspecified atom stereocenters. The SMILES string of the molecule is CCCn1ncc(C(=O)NC(Cc2c[nH]c3ccccc23)C(=O)O)c1C. The number of H-pyrrole nitrogens is 1. The highest BCUT2D eigenvalue weighted by Crippen LogP contribution is 2.19. The Labute approximate surface area is 151 Å². The number of fused-ring (bicyclic) bond motifs is 1. The highest BCUT2D eigenvalue weighted by Gasteiger charge is 2.24. The van der Waals surface area contributed by atoms with Gasteiger partial charge in [-0.2, -0.15) is 5.10 Å². The van der Waals surface area contributed by atoms with Crippen LogP contribution in [0.5, 0.6) is 0 Å². The molecule has 2 aromatic heterocycles. The van der Waals surface area contributed by atoms with E-state index in [4.69, 9.17) is 0 Å². The summed E-state index contributed by atoms with van der Waals surface area (Å²) in [5.74, 6) is -1.49. The highest BCUT2D eigenvalue weighted by atomic mass is 16.4. The Morgan fingerprint density at radius 2 is 2.12 bits per heavy atom. The first-order chi connectivity index (χ1) is 12.5. The second kappa shape index (κ2) is 7.43. The molecule has 1 atom stereocenters. The molecule has 0 aliphatic heterocycles. The van der Waals surface area contributed by atoms with Gasteiger partial charge in [-0.05, 0) is 25.0 Å².